The number of phosphoric acid groups is 1. The van der Waals surface area contributed by atoms with Crippen LogP contribution in [0.4, 0.5) is 4.39 Å². The normalized spacial score (nSPS) is 50.6. The number of phosphoric ester groups is 1. The summed E-state index contributed by atoms with van der Waals surface area (Å²) < 4.78 is 46.5. The minimum Gasteiger partial charge on any atom is -0.365 e. The molecule has 2 aliphatic heterocycles. The van der Waals surface area contributed by atoms with Crippen molar-refractivity contribution in [2.75, 3.05) is 6.61 Å². The molecule has 8 heteroatoms. The Morgan fingerprint density at radius 1 is 1.59 bits per heavy atom. The third-order valence-corrected chi connectivity index (χ3v) is 4.77. The largest absolute Gasteiger partial charge is 0.475 e. The Bertz CT molecular complexity index is 350. The lowest BCUT2D eigenvalue weighted by Crippen LogP contribution is -2.43. The second-order valence-corrected chi connectivity index (χ2v) is 6.57. The van der Waals surface area contributed by atoms with Crippen LogP contribution in [0.25, 0.3) is 0 Å². The van der Waals surface area contributed by atoms with E-state index in [-0.39, 0.29) is 12.7 Å². The van der Waals surface area contributed by atoms with Crippen LogP contribution in [0.15, 0.2) is 0 Å². The quantitative estimate of drug-likeness (QED) is 0.577. The SMILES string of the molecule is CC(C)OP1(=O)OCC2OC(C)C(F)(Cl)C2O1. The molecule has 0 spiro atoms. The summed E-state index contributed by atoms with van der Waals surface area (Å²) in [6, 6.07) is 0. The summed E-state index contributed by atoms with van der Waals surface area (Å²) in [6.45, 7) is 4.78. The number of rotatable bonds is 2. The first-order valence-corrected chi connectivity index (χ1v) is 7.23. The maximum atomic E-state index is 14.1. The first kappa shape index (κ1) is 13.7. The van der Waals surface area contributed by atoms with Gasteiger partial charge >= 0.3 is 7.82 Å². The molecule has 17 heavy (non-hydrogen) atoms. The van der Waals surface area contributed by atoms with Crippen LogP contribution < -0.4 is 0 Å². The van der Waals surface area contributed by atoms with Gasteiger partial charge in [0.2, 0.25) is 5.13 Å². The zero-order chi connectivity index (χ0) is 12.8. The number of ether oxygens (including phenoxy) is 1. The predicted octanol–water partition coefficient (Wildman–Crippen LogP) is 2.63. The van der Waals surface area contributed by atoms with Crippen molar-refractivity contribution < 1.29 is 27.3 Å². The molecule has 2 heterocycles. The Kier molecular flexibility index (Phi) is 3.58. The lowest BCUT2D eigenvalue weighted by Gasteiger charge is -2.33. The van der Waals surface area contributed by atoms with E-state index in [1.54, 1.807) is 13.8 Å². The van der Waals surface area contributed by atoms with Gasteiger partial charge in [0, 0.05) is 0 Å². The molecule has 0 amide bonds. The summed E-state index contributed by atoms with van der Waals surface area (Å²) in [5, 5.41) is -2.22. The second-order valence-electron chi connectivity index (χ2n) is 4.41. The molecule has 0 aromatic carbocycles. The van der Waals surface area contributed by atoms with Crippen molar-refractivity contribution in [3.05, 3.63) is 0 Å². The molecule has 5 unspecified atom stereocenters. The number of hydrogen-bond donors (Lipinski definition) is 0. The molecule has 2 rings (SSSR count). The highest BCUT2D eigenvalue weighted by atomic mass is 35.5. The van der Waals surface area contributed by atoms with Gasteiger partial charge < -0.3 is 4.74 Å². The highest BCUT2D eigenvalue weighted by Crippen LogP contribution is 2.59. The molecule has 0 N–H and O–H groups in total. The number of alkyl halides is 2. The molecule has 2 aliphatic rings. The Labute approximate surface area is 104 Å². The molecule has 0 aliphatic carbocycles. The van der Waals surface area contributed by atoms with E-state index in [9.17, 15) is 8.96 Å². The molecule has 0 aromatic rings. The predicted molar refractivity (Wildman–Crippen MR) is 58.7 cm³/mol. The van der Waals surface area contributed by atoms with E-state index in [4.69, 9.17) is 29.9 Å². The summed E-state index contributed by atoms with van der Waals surface area (Å²) in [7, 11) is -3.75. The van der Waals surface area contributed by atoms with Gasteiger partial charge in [-0.3, -0.25) is 13.6 Å². The lowest BCUT2D eigenvalue weighted by molar-refractivity contribution is -0.0620. The summed E-state index contributed by atoms with van der Waals surface area (Å²) in [5.41, 5.74) is 0. The molecule has 5 nitrogen and oxygen atoms in total. The van der Waals surface area contributed by atoms with Gasteiger partial charge in [-0.2, -0.15) is 0 Å². The van der Waals surface area contributed by atoms with Gasteiger partial charge in [0.25, 0.3) is 0 Å². The highest BCUT2D eigenvalue weighted by Gasteiger charge is 2.61. The molecule has 100 valence electrons. The van der Waals surface area contributed by atoms with E-state index in [1.807, 2.05) is 0 Å². The van der Waals surface area contributed by atoms with E-state index >= 15 is 0 Å². The van der Waals surface area contributed by atoms with Gasteiger partial charge in [0.15, 0.2) is 0 Å². The van der Waals surface area contributed by atoms with Crippen molar-refractivity contribution in [3.8, 4) is 0 Å². The standard InChI is InChI=1S/C9H15ClFO5P/c1-5(2)15-17(12)13-4-7-8(16-17)9(10,11)6(3)14-7/h5-8H,4H2,1-3H3. The fourth-order valence-electron chi connectivity index (χ4n) is 1.82. The van der Waals surface area contributed by atoms with Gasteiger partial charge in [0.1, 0.15) is 18.3 Å². The molecular weight excluding hydrogens is 274 g/mol. The molecule has 2 saturated heterocycles. The van der Waals surface area contributed by atoms with E-state index in [0.29, 0.717) is 0 Å². The van der Waals surface area contributed by atoms with Gasteiger partial charge in [-0.15, -0.1) is 0 Å². The minimum absolute atomic E-state index is 0.0581. The molecule has 0 bridgehead atoms. The van der Waals surface area contributed by atoms with E-state index in [0.717, 1.165) is 0 Å². The van der Waals surface area contributed by atoms with Crippen LogP contribution in [0.5, 0.6) is 0 Å². The monoisotopic (exact) mass is 288 g/mol. The van der Waals surface area contributed by atoms with Crippen LogP contribution in [0, 0.1) is 0 Å². The average molecular weight is 289 g/mol. The maximum Gasteiger partial charge on any atom is 0.475 e. The van der Waals surface area contributed by atoms with Crippen LogP contribution in [0.1, 0.15) is 20.8 Å². The van der Waals surface area contributed by atoms with Crippen LogP contribution in [0.2, 0.25) is 0 Å². The smallest absolute Gasteiger partial charge is 0.365 e. The Hall–Kier alpha value is 0.290. The summed E-state index contributed by atoms with van der Waals surface area (Å²) in [4.78, 5) is 0. The molecule has 0 saturated carbocycles. The number of hydrogen-bond acceptors (Lipinski definition) is 5. The first-order chi connectivity index (χ1) is 7.74. The molecule has 2 fully saturated rings. The van der Waals surface area contributed by atoms with Crippen molar-refractivity contribution in [2.45, 2.75) is 50.3 Å². The Morgan fingerprint density at radius 2 is 2.24 bits per heavy atom. The third kappa shape index (κ3) is 2.53. The van der Waals surface area contributed by atoms with Gasteiger partial charge in [-0.1, -0.05) is 11.6 Å². The number of fused-ring (bicyclic) bond motifs is 1. The van der Waals surface area contributed by atoms with Gasteiger partial charge in [-0.05, 0) is 20.8 Å². The van der Waals surface area contributed by atoms with Gasteiger partial charge in [0.05, 0.1) is 12.7 Å². The van der Waals surface area contributed by atoms with Gasteiger partial charge in [-0.25, -0.2) is 8.96 Å². The van der Waals surface area contributed by atoms with Crippen molar-refractivity contribution >= 4 is 19.4 Å². The van der Waals surface area contributed by atoms with Crippen LogP contribution in [-0.2, 0) is 22.9 Å². The molecular formula is C9H15ClFO5P. The van der Waals surface area contributed by atoms with E-state index in [1.165, 1.54) is 6.92 Å². The van der Waals surface area contributed by atoms with Crippen molar-refractivity contribution in [1.29, 1.82) is 0 Å². The Morgan fingerprint density at radius 3 is 2.82 bits per heavy atom. The summed E-state index contributed by atoms with van der Waals surface area (Å²) >= 11 is 5.71. The summed E-state index contributed by atoms with van der Waals surface area (Å²) in [5.74, 6) is 0. The lowest BCUT2D eigenvalue weighted by atomic mass is 10.1. The van der Waals surface area contributed by atoms with Crippen molar-refractivity contribution in [1.82, 2.24) is 0 Å². The average Bonchev–Trinajstić information content (AvgIpc) is 2.38. The third-order valence-electron chi connectivity index (χ3n) is 2.62. The molecule has 0 radical (unpaired) electrons. The molecule has 5 atom stereocenters. The van der Waals surface area contributed by atoms with Crippen molar-refractivity contribution in [2.24, 2.45) is 0 Å². The fraction of sp³-hybridized carbons (Fsp3) is 1.00. The second kappa shape index (κ2) is 4.44. The van der Waals surface area contributed by atoms with Crippen LogP contribution in [0.3, 0.4) is 0 Å². The zero-order valence-corrected chi connectivity index (χ0v) is 11.4. The van der Waals surface area contributed by atoms with Crippen LogP contribution >= 0.6 is 19.4 Å². The highest BCUT2D eigenvalue weighted by molar-refractivity contribution is 7.48. The Balaban J connectivity index is 2.15. The van der Waals surface area contributed by atoms with Crippen LogP contribution in [-0.4, -0.2) is 36.2 Å². The minimum atomic E-state index is -3.75. The van der Waals surface area contributed by atoms with E-state index < -0.39 is 31.3 Å². The van der Waals surface area contributed by atoms with E-state index in [2.05, 4.69) is 0 Å². The first-order valence-electron chi connectivity index (χ1n) is 5.39. The van der Waals surface area contributed by atoms with Crippen molar-refractivity contribution in [3.63, 3.8) is 0 Å². The topological polar surface area (TPSA) is 54.0 Å². The maximum absolute atomic E-state index is 14.1. The number of halogens is 2. The summed E-state index contributed by atoms with van der Waals surface area (Å²) in [6.07, 6.45) is -3.02. The fourth-order valence-corrected chi connectivity index (χ4v) is 3.70. The zero-order valence-electron chi connectivity index (χ0n) is 9.76. The molecule has 0 aromatic heterocycles.